The van der Waals surface area contributed by atoms with Gasteiger partial charge in [-0.05, 0) is 49.8 Å². The summed E-state index contributed by atoms with van der Waals surface area (Å²) < 4.78 is 77.0. The molecule has 1 aliphatic rings. The molecule has 2 aromatic rings. The molecule has 0 aliphatic heterocycles. The lowest BCUT2D eigenvalue weighted by Crippen LogP contribution is -2.35. The summed E-state index contributed by atoms with van der Waals surface area (Å²) in [6.45, 7) is 8.50. The van der Waals surface area contributed by atoms with E-state index < -0.39 is 35.5 Å². The van der Waals surface area contributed by atoms with Gasteiger partial charge >= 0.3 is 6.18 Å². The minimum atomic E-state index is -4.86. The van der Waals surface area contributed by atoms with Crippen LogP contribution in [-0.2, 0) is 31.9 Å². The van der Waals surface area contributed by atoms with Crippen molar-refractivity contribution in [1.29, 1.82) is 0 Å². The highest BCUT2D eigenvalue weighted by atomic mass is 32.2. The summed E-state index contributed by atoms with van der Waals surface area (Å²) in [5.74, 6) is -0.00219. The van der Waals surface area contributed by atoms with Gasteiger partial charge in [0.15, 0.2) is 0 Å². The number of halogens is 3. The monoisotopic (exact) mass is 561 g/mol. The largest absolute Gasteiger partial charge is 0.423 e. The van der Waals surface area contributed by atoms with E-state index >= 15 is 0 Å². The predicted molar refractivity (Wildman–Crippen MR) is 137 cm³/mol. The maximum atomic E-state index is 13.7. The average molecular weight is 562 g/mol. The van der Waals surface area contributed by atoms with Crippen molar-refractivity contribution in [3.63, 3.8) is 0 Å². The third-order valence-corrected chi connectivity index (χ3v) is 9.22. The van der Waals surface area contributed by atoms with E-state index in [1.807, 2.05) is 6.92 Å². The fraction of sp³-hybridized carbons (Fsp3) is 0.583. The molecular formula is C24H34F3N3O5SSi. The van der Waals surface area contributed by atoms with Crippen molar-refractivity contribution in [2.24, 2.45) is 11.8 Å². The van der Waals surface area contributed by atoms with Crippen molar-refractivity contribution in [3.8, 4) is 0 Å². The fourth-order valence-corrected chi connectivity index (χ4v) is 5.64. The molecule has 0 saturated heterocycles. The van der Waals surface area contributed by atoms with Crippen molar-refractivity contribution in [1.82, 2.24) is 9.78 Å². The molecule has 1 aromatic carbocycles. The highest BCUT2D eigenvalue weighted by Crippen LogP contribution is 2.36. The molecule has 3 rings (SSSR count). The topological polar surface area (TPSA) is 99.5 Å². The van der Waals surface area contributed by atoms with Crippen LogP contribution in [0.3, 0.4) is 0 Å². The zero-order valence-corrected chi connectivity index (χ0v) is 23.3. The van der Waals surface area contributed by atoms with Crippen LogP contribution in [0.2, 0.25) is 25.7 Å². The first kappa shape index (κ1) is 29.3. The van der Waals surface area contributed by atoms with Gasteiger partial charge in [0.2, 0.25) is 0 Å². The standard InChI is InChI=1S/C24H34F3N3O5SSi/c1-17-5-7-20(8-6-17)36(32,33)35-15-19-11-18(12-19)13-28-21-14-29-30(16-34-9-10-37(2,3)4)23(31)22(21)24(25,26)27/h5-8,14,18-19,28H,9-13,15-16H2,1-4H3. The molecule has 0 amide bonds. The molecule has 0 radical (unpaired) electrons. The summed E-state index contributed by atoms with van der Waals surface area (Å²) in [6.07, 6.45) is -2.68. The molecule has 1 aliphatic carbocycles. The molecule has 1 aromatic heterocycles. The fourth-order valence-electron chi connectivity index (χ4n) is 3.91. The lowest BCUT2D eigenvalue weighted by atomic mass is 9.75. The number of hydrogen-bond donors (Lipinski definition) is 1. The molecule has 0 unspecified atom stereocenters. The Hall–Kier alpha value is -2.22. The molecule has 37 heavy (non-hydrogen) atoms. The highest BCUT2D eigenvalue weighted by Gasteiger charge is 2.39. The van der Waals surface area contributed by atoms with E-state index in [-0.39, 0.29) is 42.3 Å². The third kappa shape index (κ3) is 8.39. The van der Waals surface area contributed by atoms with Crippen LogP contribution in [0.5, 0.6) is 0 Å². The first-order valence-electron chi connectivity index (χ1n) is 12.1. The molecule has 0 spiro atoms. The van der Waals surface area contributed by atoms with Crippen LogP contribution in [-0.4, -0.2) is 46.0 Å². The maximum Gasteiger partial charge on any atom is 0.423 e. The number of ether oxygens (including phenoxy) is 1. The zero-order valence-electron chi connectivity index (χ0n) is 21.5. The van der Waals surface area contributed by atoms with Gasteiger partial charge < -0.3 is 10.1 Å². The van der Waals surface area contributed by atoms with E-state index in [0.29, 0.717) is 24.1 Å². The van der Waals surface area contributed by atoms with Crippen molar-refractivity contribution < 1.29 is 30.5 Å². The average Bonchev–Trinajstić information content (AvgIpc) is 2.75. The highest BCUT2D eigenvalue weighted by molar-refractivity contribution is 7.86. The van der Waals surface area contributed by atoms with E-state index in [2.05, 4.69) is 30.1 Å². The van der Waals surface area contributed by atoms with Gasteiger partial charge in [-0.1, -0.05) is 37.3 Å². The van der Waals surface area contributed by atoms with Gasteiger partial charge in [0.1, 0.15) is 12.3 Å². The summed E-state index contributed by atoms with van der Waals surface area (Å²) in [4.78, 5) is 12.6. The number of nitrogens with zero attached hydrogens (tertiary/aromatic N) is 2. The first-order valence-corrected chi connectivity index (χ1v) is 17.2. The van der Waals surface area contributed by atoms with E-state index in [9.17, 15) is 26.4 Å². The van der Waals surface area contributed by atoms with E-state index in [1.54, 1.807) is 12.1 Å². The number of hydrogen-bond acceptors (Lipinski definition) is 7. The van der Waals surface area contributed by atoms with Gasteiger partial charge in [-0.25, -0.2) is 4.68 Å². The van der Waals surface area contributed by atoms with Crippen LogP contribution in [0.15, 0.2) is 40.2 Å². The lowest BCUT2D eigenvalue weighted by Gasteiger charge is -2.35. The van der Waals surface area contributed by atoms with Crippen LogP contribution in [0.1, 0.15) is 24.0 Å². The van der Waals surface area contributed by atoms with E-state index in [0.717, 1.165) is 17.8 Å². The number of aromatic nitrogens is 2. The number of nitrogens with one attached hydrogen (secondary N) is 1. The molecule has 206 valence electrons. The van der Waals surface area contributed by atoms with Gasteiger partial charge in [0, 0.05) is 21.2 Å². The minimum absolute atomic E-state index is 0.00974. The molecule has 1 fully saturated rings. The van der Waals surface area contributed by atoms with Crippen molar-refractivity contribution >= 4 is 23.9 Å². The number of alkyl halides is 3. The Bertz CT molecular complexity index is 1220. The van der Waals surface area contributed by atoms with Crippen molar-refractivity contribution in [3.05, 3.63) is 51.9 Å². The van der Waals surface area contributed by atoms with Gasteiger partial charge in [-0.15, -0.1) is 0 Å². The summed E-state index contributed by atoms with van der Waals surface area (Å²) in [6, 6.07) is 7.16. The number of anilines is 1. The second-order valence-electron chi connectivity index (χ2n) is 10.7. The number of rotatable bonds is 12. The number of aryl methyl sites for hydroxylation is 1. The normalized spacial score (nSPS) is 18.5. The van der Waals surface area contributed by atoms with Crippen LogP contribution in [0.4, 0.5) is 18.9 Å². The van der Waals surface area contributed by atoms with E-state index in [1.165, 1.54) is 12.1 Å². The Balaban J connectivity index is 1.52. The molecule has 0 bridgehead atoms. The Kier molecular flexibility index (Phi) is 9.25. The SMILES string of the molecule is Cc1ccc(S(=O)(=O)OCC2CC(CNc3cnn(COCC[Si](C)(C)C)c(=O)c3C(F)(F)F)C2)cc1. The van der Waals surface area contributed by atoms with Crippen molar-refractivity contribution in [2.45, 2.75) is 63.3 Å². The predicted octanol–water partition coefficient (Wildman–Crippen LogP) is 4.73. The quantitative estimate of drug-likeness (QED) is 0.227. The van der Waals surface area contributed by atoms with Crippen LogP contribution in [0.25, 0.3) is 0 Å². The molecule has 0 atom stereocenters. The first-order chi connectivity index (χ1) is 17.2. The molecule has 1 heterocycles. The van der Waals surface area contributed by atoms with Gasteiger partial charge in [0.05, 0.1) is 23.4 Å². The second-order valence-corrected chi connectivity index (χ2v) is 18.0. The summed E-state index contributed by atoms with van der Waals surface area (Å²) in [5.41, 5.74) is -2.01. The summed E-state index contributed by atoms with van der Waals surface area (Å²) in [5, 5.41) is 6.57. The molecule has 1 N–H and O–H groups in total. The molecular weight excluding hydrogens is 527 g/mol. The van der Waals surface area contributed by atoms with E-state index in [4.69, 9.17) is 8.92 Å². The van der Waals surface area contributed by atoms with Gasteiger partial charge in [0.25, 0.3) is 15.7 Å². The second kappa shape index (κ2) is 11.7. The third-order valence-electron chi connectivity index (χ3n) is 6.22. The molecule has 8 nitrogen and oxygen atoms in total. The van der Waals surface area contributed by atoms with Crippen LogP contribution < -0.4 is 10.9 Å². The zero-order chi connectivity index (χ0) is 27.4. The van der Waals surface area contributed by atoms with Gasteiger partial charge in [-0.2, -0.15) is 26.7 Å². The smallest absolute Gasteiger partial charge is 0.383 e. The molecule has 13 heteroatoms. The minimum Gasteiger partial charge on any atom is -0.383 e. The summed E-state index contributed by atoms with van der Waals surface area (Å²) >= 11 is 0. The van der Waals surface area contributed by atoms with Crippen LogP contribution >= 0.6 is 0 Å². The van der Waals surface area contributed by atoms with Gasteiger partial charge in [-0.3, -0.25) is 8.98 Å². The van der Waals surface area contributed by atoms with Crippen molar-refractivity contribution in [2.75, 3.05) is 25.1 Å². The number of benzene rings is 1. The lowest BCUT2D eigenvalue weighted by molar-refractivity contribution is -0.138. The summed E-state index contributed by atoms with van der Waals surface area (Å²) in [7, 11) is -5.24. The van der Waals surface area contributed by atoms with Crippen LogP contribution in [0, 0.1) is 18.8 Å². The Morgan fingerprint density at radius 1 is 1.14 bits per heavy atom. The Morgan fingerprint density at radius 2 is 1.78 bits per heavy atom. The maximum absolute atomic E-state index is 13.7. The Labute approximate surface area is 216 Å². The molecule has 1 saturated carbocycles. The Morgan fingerprint density at radius 3 is 2.38 bits per heavy atom.